The number of para-hydroxylation sites is 1. The Morgan fingerprint density at radius 2 is 2.19 bits per heavy atom. The van der Waals surface area contributed by atoms with E-state index >= 15 is 0 Å². The predicted molar refractivity (Wildman–Crippen MR) is 75.8 cm³/mol. The van der Waals surface area contributed by atoms with Crippen LogP contribution in [0.3, 0.4) is 0 Å². The summed E-state index contributed by atoms with van der Waals surface area (Å²) in [4.78, 5) is 13.5. The van der Waals surface area contributed by atoms with Gasteiger partial charge in [0.2, 0.25) is 5.82 Å². The van der Waals surface area contributed by atoms with Crippen LogP contribution in [0.15, 0.2) is 30.5 Å². The molecule has 0 spiro atoms. The van der Waals surface area contributed by atoms with Gasteiger partial charge in [0, 0.05) is 20.3 Å². The maximum atomic E-state index is 12.1. The summed E-state index contributed by atoms with van der Waals surface area (Å²) >= 11 is 0. The smallest absolute Gasteiger partial charge is 0.255 e. The number of nitrogens with zero attached hydrogens (tertiary/aromatic N) is 5. The van der Waals surface area contributed by atoms with Crippen molar-refractivity contribution >= 4 is 17.2 Å². The summed E-state index contributed by atoms with van der Waals surface area (Å²) in [5.41, 5.74) is 1.30. The molecular weight excluding hydrogens is 270 g/mol. The summed E-state index contributed by atoms with van der Waals surface area (Å²) < 4.78 is 0. The molecule has 0 unspecified atom stereocenters. The highest BCUT2D eigenvalue weighted by Gasteiger charge is 2.12. The molecule has 21 heavy (non-hydrogen) atoms. The Hall–Kier alpha value is -3.21. The number of carbonyl (C=O) groups excluding carboxylic acids is 1. The fourth-order valence-corrected chi connectivity index (χ4v) is 1.61. The molecule has 0 aliphatic heterocycles. The van der Waals surface area contributed by atoms with Gasteiger partial charge in [0.1, 0.15) is 11.6 Å². The number of allylic oxidation sites excluding steroid dienone is 1. The molecule has 0 aliphatic rings. The van der Waals surface area contributed by atoms with Crippen molar-refractivity contribution in [2.75, 3.05) is 19.4 Å². The molecule has 1 heterocycles. The highest BCUT2D eigenvalue weighted by atomic mass is 16.2. The fraction of sp³-hybridized carbons (Fsp3) is 0.154. The van der Waals surface area contributed by atoms with E-state index in [-0.39, 0.29) is 17.3 Å². The molecule has 1 aromatic heterocycles. The normalized spacial score (nSPS) is 10.8. The number of nitriles is 1. The van der Waals surface area contributed by atoms with E-state index in [1.807, 2.05) is 6.07 Å². The molecule has 2 aromatic rings. The Kier molecular flexibility index (Phi) is 4.26. The van der Waals surface area contributed by atoms with Gasteiger partial charge in [-0.15, -0.1) is 10.2 Å². The second-order valence-corrected chi connectivity index (χ2v) is 4.29. The van der Waals surface area contributed by atoms with Gasteiger partial charge in [0.15, 0.2) is 0 Å². The van der Waals surface area contributed by atoms with Crippen molar-refractivity contribution in [2.45, 2.75) is 0 Å². The van der Waals surface area contributed by atoms with E-state index in [1.54, 1.807) is 38.4 Å². The Bertz CT molecular complexity index is 698. The van der Waals surface area contributed by atoms with Crippen molar-refractivity contribution in [3.05, 3.63) is 41.9 Å². The van der Waals surface area contributed by atoms with Crippen LogP contribution >= 0.6 is 0 Å². The first kappa shape index (κ1) is 14.2. The summed E-state index contributed by atoms with van der Waals surface area (Å²) in [5, 5.41) is 25.2. The lowest BCUT2D eigenvalue weighted by Crippen LogP contribution is -2.22. The number of aromatic nitrogens is 4. The monoisotopic (exact) mass is 283 g/mol. The Morgan fingerprint density at radius 1 is 1.43 bits per heavy atom. The molecule has 8 heteroatoms. The summed E-state index contributed by atoms with van der Waals surface area (Å²) in [6, 6.07) is 8.99. The standard InChI is InChI=1S/C13H13N7O/c1-20(2)13(21)10-5-3-4-6-11(10)15-8-9(7-14)12-16-18-19-17-12/h3-6,8,15H,1-2H3,(H,16,17,18,19). The van der Waals surface area contributed by atoms with Gasteiger partial charge in [-0.2, -0.15) is 10.5 Å². The number of hydrogen-bond donors (Lipinski definition) is 2. The van der Waals surface area contributed by atoms with Crippen LogP contribution in [0.5, 0.6) is 0 Å². The first-order chi connectivity index (χ1) is 10.1. The number of rotatable bonds is 4. The molecular formula is C13H13N7O. The van der Waals surface area contributed by atoms with Crippen molar-refractivity contribution in [2.24, 2.45) is 0 Å². The molecule has 106 valence electrons. The highest BCUT2D eigenvalue weighted by molar-refractivity contribution is 5.99. The molecule has 0 saturated carbocycles. The number of tetrazole rings is 1. The SMILES string of the molecule is CN(C)C(=O)c1ccccc1NC=C(C#N)c1nn[nH]n1. The van der Waals surface area contributed by atoms with E-state index < -0.39 is 0 Å². The Morgan fingerprint density at radius 3 is 2.81 bits per heavy atom. The third-order valence-corrected chi connectivity index (χ3v) is 2.64. The van der Waals surface area contributed by atoms with Gasteiger partial charge >= 0.3 is 0 Å². The molecule has 0 atom stereocenters. The number of nitrogens with one attached hydrogen (secondary N) is 2. The summed E-state index contributed by atoms with van der Waals surface area (Å²) in [6.07, 6.45) is 1.44. The molecule has 2 rings (SSSR count). The van der Waals surface area contributed by atoms with Gasteiger partial charge < -0.3 is 10.2 Å². The minimum absolute atomic E-state index is 0.135. The van der Waals surface area contributed by atoms with Gasteiger partial charge in [0.25, 0.3) is 5.91 Å². The number of H-pyrrole nitrogens is 1. The molecule has 8 nitrogen and oxygen atoms in total. The molecule has 0 saturated heterocycles. The van der Waals surface area contributed by atoms with Gasteiger partial charge in [-0.25, -0.2) is 0 Å². The number of benzene rings is 1. The number of amides is 1. The van der Waals surface area contributed by atoms with Crippen LogP contribution in [-0.2, 0) is 0 Å². The lowest BCUT2D eigenvalue weighted by Gasteiger charge is -2.13. The van der Waals surface area contributed by atoms with Gasteiger partial charge in [-0.1, -0.05) is 12.1 Å². The largest absolute Gasteiger partial charge is 0.360 e. The number of aromatic amines is 1. The summed E-state index contributed by atoms with van der Waals surface area (Å²) in [7, 11) is 3.35. The van der Waals surface area contributed by atoms with E-state index in [9.17, 15) is 4.79 Å². The summed E-state index contributed by atoms with van der Waals surface area (Å²) in [6.45, 7) is 0. The van der Waals surface area contributed by atoms with Gasteiger partial charge in [-0.05, 0) is 17.3 Å². The third kappa shape index (κ3) is 3.22. The van der Waals surface area contributed by atoms with Crippen molar-refractivity contribution < 1.29 is 4.79 Å². The molecule has 0 radical (unpaired) electrons. The Labute approximate surface area is 121 Å². The van der Waals surface area contributed by atoms with Crippen LogP contribution in [0, 0.1) is 11.3 Å². The second-order valence-electron chi connectivity index (χ2n) is 4.29. The maximum Gasteiger partial charge on any atom is 0.255 e. The van der Waals surface area contributed by atoms with Crippen LogP contribution in [0.2, 0.25) is 0 Å². The number of carbonyl (C=O) groups is 1. The summed E-state index contributed by atoms with van der Waals surface area (Å²) in [5.74, 6) is 0.0472. The van der Waals surface area contributed by atoms with Crippen LogP contribution in [0.4, 0.5) is 5.69 Å². The molecule has 1 aromatic carbocycles. The van der Waals surface area contributed by atoms with Crippen LogP contribution in [-0.4, -0.2) is 45.5 Å². The molecule has 0 fully saturated rings. The third-order valence-electron chi connectivity index (χ3n) is 2.64. The lowest BCUT2D eigenvalue weighted by molar-refractivity contribution is 0.0828. The quantitative estimate of drug-likeness (QED) is 0.806. The van der Waals surface area contributed by atoms with E-state index in [0.717, 1.165) is 0 Å². The predicted octanol–water partition coefficient (Wildman–Crippen LogP) is 0.878. The number of hydrogen-bond acceptors (Lipinski definition) is 6. The molecule has 0 aliphatic carbocycles. The highest BCUT2D eigenvalue weighted by Crippen LogP contribution is 2.17. The zero-order chi connectivity index (χ0) is 15.2. The van der Waals surface area contributed by atoms with Crippen LogP contribution in [0.25, 0.3) is 5.57 Å². The zero-order valence-electron chi connectivity index (χ0n) is 11.5. The maximum absolute atomic E-state index is 12.1. The zero-order valence-corrected chi connectivity index (χ0v) is 11.5. The van der Waals surface area contributed by atoms with E-state index in [1.165, 1.54) is 11.1 Å². The van der Waals surface area contributed by atoms with Crippen molar-refractivity contribution in [1.82, 2.24) is 25.5 Å². The average Bonchev–Trinajstić information content (AvgIpc) is 3.02. The molecule has 2 N–H and O–H groups in total. The van der Waals surface area contributed by atoms with E-state index in [2.05, 4.69) is 25.9 Å². The van der Waals surface area contributed by atoms with E-state index in [0.29, 0.717) is 11.3 Å². The van der Waals surface area contributed by atoms with E-state index in [4.69, 9.17) is 5.26 Å². The lowest BCUT2D eigenvalue weighted by atomic mass is 10.1. The van der Waals surface area contributed by atoms with Crippen molar-refractivity contribution in [1.29, 1.82) is 5.26 Å². The van der Waals surface area contributed by atoms with Gasteiger partial charge in [0.05, 0.1) is 11.3 Å². The first-order valence-electron chi connectivity index (χ1n) is 6.04. The topological polar surface area (TPSA) is 111 Å². The van der Waals surface area contributed by atoms with Crippen molar-refractivity contribution in [3.8, 4) is 6.07 Å². The average molecular weight is 283 g/mol. The van der Waals surface area contributed by atoms with Crippen molar-refractivity contribution in [3.63, 3.8) is 0 Å². The molecule has 1 amide bonds. The van der Waals surface area contributed by atoms with Crippen LogP contribution in [0.1, 0.15) is 16.2 Å². The first-order valence-corrected chi connectivity index (χ1v) is 6.04. The fourth-order valence-electron chi connectivity index (χ4n) is 1.61. The second kappa shape index (κ2) is 6.29. The Balaban J connectivity index is 2.28. The number of anilines is 1. The minimum Gasteiger partial charge on any atom is -0.360 e. The van der Waals surface area contributed by atoms with Crippen LogP contribution < -0.4 is 5.32 Å². The van der Waals surface area contributed by atoms with Gasteiger partial charge in [-0.3, -0.25) is 4.79 Å². The minimum atomic E-state index is -0.135. The molecule has 0 bridgehead atoms.